The summed E-state index contributed by atoms with van der Waals surface area (Å²) >= 11 is 1.72. The monoisotopic (exact) mass is 684 g/mol. The van der Waals surface area contributed by atoms with Crippen molar-refractivity contribution < 1.29 is 4.74 Å². The quantitative estimate of drug-likeness (QED) is 0.185. The van der Waals surface area contributed by atoms with Gasteiger partial charge in [0.05, 0.1) is 43.2 Å². The number of ether oxygens (including phenoxy) is 1. The van der Waals surface area contributed by atoms with Crippen molar-refractivity contribution in [2.45, 2.75) is 0 Å². The van der Waals surface area contributed by atoms with Gasteiger partial charge in [-0.05, 0) is 84.9 Å². The van der Waals surface area contributed by atoms with Gasteiger partial charge in [-0.25, -0.2) is 9.97 Å². The molecule has 11 rings (SSSR count). The summed E-state index contributed by atoms with van der Waals surface area (Å²) in [5.41, 5.74) is 12.1. The van der Waals surface area contributed by atoms with Crippen LogP contribution in [-0.4, -0.2) is 14.5 Å². The van der Waals surface area contributed by atoms with E-state index in [2.05, 4.69) is 155 Å². The molecule has 5 heterocycles. The largest absolute Gasteiger partial charge is 0.452 e. The minimum absolute atomic E-state index is 0.784. The van der Waals surface area contributed by atoms with E-state index in [-0.39, 0.29) is 0 Å². The van der Waals surface area contributed by atoms with Gasteiger partial charge in [0, 0.05) is 33.3 Å². The van der Waals surface area contributed by atoms with Gasteiger partial charge in [-0.15, -0.1) is 11.3 Å². The molecule has 0 saturated heterocycles. The van der Waals surface area contributed by atoms with Gasteiger partial charge in [-0.3, -0.25) is 0 Å². The van der Waals surface area contributed by atoms with Gasteiger partial charge in [0.2, 0.25) is 0 Å². The average molecular weight is 685 g/mol. The Morgan fingerprint density at radius 1 is 0.481 bits per heavy atom. The Kier molecular flexibility index (Phi) is 6.35. The fourth-order valence-electron chi connectivity index (χ4n) is 7.64. The zero-order valence-corrected chi connectivity index (χ0v) is 28.6. The number of anilines is 3. The van der Waals surface area contributed by atoms with Gasteiger partial charge in [-0.1, -0.05) is 84.9 Å². The summed E-state index contributed by atoms with van der Waals surface area (Å²) in [7, 11) is 0. The summed E-state index contributed by atoms with van der Waals surface area (Å²) < 4.78 is 11.2. The number of pyridine rings is 2. The second-order valence-corrected chi connectivity index (χ2v) is 14.1. The van der Waals surface area contributed by atoms with Crippen LogP contribution in [0.5, 0.6) is 11.5 Å². The van der Waals surface area contributed by atoms with Crippen molar-refractivity contribution >= 4 is 70.6 Å². The van der Waals surface area contributed by atoms with Crippen LogP contribution in [0, 0.1) is 0 Å². The molecular formula is C46H28N4OS. The highest BCUT2D eigenvalue weighted by Crippen LogP contribution is 2.53. The first-order valence-corrected chi connectivity index (χ1v) is 18.1. The third kappa shape index (κ3) is 4.41. The van der Waals surface area contributed by atoms with E-state index >= 15 is 0 Å². The van der Waals surface area contributed by atoms with Gasteiger partial charge >= 0.3 is 0 Å². The predicted octanol–water partition coefficient (Wildman–Crippen LogP) is 12.9. The molecule has 0 unspecified atom stereocenters. The average Bonchev–Trinajstić information content (AvgIpc) is 3.75. The molecule has 0 radical (unpaired) electrons. The van der Waals surface area contributed by atoms with Crippen molar-refractivity contribution in [3.63, 3.8) is 0 Å². The molecule has 1 aliphatic heterocycles. The maximum atomic E-state index is 6.67. The number of fused-ring (bicyclic) bond motifs is 8. The smallest absolute Gasteiger partial charge is 0.160 e. The van der Waals surface area contributed by atoms with Crippen LogP contribution in [0.15, 0.2) is 170 Å². The molecular weight excluding hydrogens is 657 g/mol. The highest BCUT2D eigenvalue weighted by molar-refractivity contribution is 7.25. The minimum atomic E-state index is 0.784. The zero-order valence-electron chi connectivity index (χ0n) is 27.8. The van der Waals surface area contributed by atoms with Gasteiger partial charge < -0.3 is 14.2 Å². The Morgan fingerprint density at radius 3 is 1.96 bits per heavy atom. The van der Waals surface area contributed by atoms with Crippen molar-refractivity contribution in [1.29, 1.82) is 0 Å². The lowest BCUT2D eigenvalue weighted by atomic mass is 10.0. The Bertz CT molecular complexity index is 3000. The van der Waals surface area contributed by atoms with Crippen molar-refractivity contribution in [2.24, 2.45) is 0 Å². The normalized spacial score (nSPS) is 12.3. The summed E-state index contributed by atoms with van der Waals surface area (Å²) in [5, 5.41) is 2.46. The minimum Gasteiger partial charge on any atom is -0.452 e. The lowest BCUT2D eigenvalue weighted by Crippen LogP contribution is -2.16. The SMILES string of the molecule is c1ccc(N2c3ccccc3Oc3c(-c4ccc5sc6ccc(-c7ccc8c9ccccc9n(-c9ccccc9)c8c7)nc6c5n4)cccc32)cc1. The van der Waals surface area contributed by atoms with Crippen LogP contribution >= 0.6 is 11.3 Å². The first-order valence-electron chi connectivity index (χ1n) is 17.3. The molecule has 0 spiro atoms. The molecule has 6 heteroatoms. The van der Waals surface area contributed by atoms with Crippen LogP contribution in [0.2, 0.25) is 0 Å². The number of hydrogen-bond donors (Lipinski definition) is 0. The molecule has 0 bridgehead atoms. The van der Waals surface area contributed by atoms with Crippen LogP contribution in [0.1, 0.15) is 0 Å². The second-order valence-electron chi connectivity index (χ2n) is 13.0. The maximum absolute atomic E-state index is 6.67. The van der Waals surface area contributed by atoms with Crippen LogP contribution < -0.4 is 9.64 Å². The molecule has 0 N–H and O–H groups in total. The van der Waals surface area contributed by atoms with Crippen molar-refractivity contribution in [3.05, 3.63) is 170 Å². The Hall–Kier alpha value is -6.76. The molecule has 6 aromatic carbocycles. The van der Waals surface area contributed by atoms with Crippen molar-refractivity contribution in [1.82, 2.24) is 14.5 Å². The third-order valence-electron chi connectivity index (χ3n) is 9.99. The molecule has 10 aromatic rings. The van der Waals surface area contributed by atoms with Crippen molar-refractivity contribution in [2.75, 3.05) is 4.90 Å². The van der Waals surface area contributed by atoms with Gasteiger partial charge in [-0.2, -0.15) is 0 Å². The third-order valence-corrected chi connectivity index (χ3v) is 11.1. The number of thiophene rings is 1. The lowest BCUT2D eigenvalue weighted by molar-refractivity contribution is 0.478. The molecule has 0 atom stereocenters. The highest BCUT2D eigenvalue weighted by Gasteiger charge is 2.28. The van der Waals surface area contributed by atoms with E-state index in [0.29, 0.717) is 0 Å². The fourth-order valence-corrected chi connectivity index (χ4v) is 8.63. The molecule has 0 fully saturated rings. The van der Waals surface area contributed by atoms with E-state index in [0.717, 1.165) is 82.7 Å². The van der Waals surface area contributed by atoms with E-state index < -0.39 is 0 Å². The van der Waals surface area contributed by atoms with Crippen LogP contribution in [0.4, 0.5) is 17.1 Å². The van der Waals surface area contributed by atoms with E-state index in [1.807, 2.05) is 24.3 Å². The topological polar surface area (TPSA) is 43.2 Å². The molecule has 244 valence electrons. The highest BCUT2D eigenvalue weighted by atomic mass is 32.1. The lowest BCUT2D eigenvalue weighted by Gasteiger charge is -2.33. The zero-order chi connectivity index (χ0) is 34.2. The van der Waals surface area contributed by atoms with Crippen LogP contribution in [0.3, 0.4) is 0 Å². The summed E-state index contributed by atoms with van der Waals surface area (Å²) in [6, 6.07) is 59.4. The first kappa shape index (κ1) is 29.0. The summed E-state index contributed by atoms with van der Waals surface area (Å²) in [6.07, 6.45) is 0. The number of hydrogen-bond acceptors (Lipinski definition) is 5. The first-order chi connectivity index (χ1) is 25.8. The summed E-state index contributed by atoms with van der Waals surface area (Å²) in [5.74, 6) is 1.59. The van der Waals surface area contributed by atoms with Crippen LogP contribution in [-0.2, 0) is 0 Å². The predicted molar refractivity (Wildman–Crippen MR) is 215 cm³/mol. The number of benzene rings is 6. The van der Waals surface area contributed by atoms with Crippen molar-refractivity contribution in [3.8, 4) is 39.7 Å². The van der Waals surface area contributed by atoms with E-state index in [9.17, 15) is 0 Å². The van der Waals surface area contributed by atoms with Crippen LogP contribution in [0.25, 0.3) is 70.4 Å². The molecule has 4 aromatic heterocycles. The number of nitrogens with zero attached hydrogens (tertiary/aromatic N) is 4. The summed E-state index contributed by atoms with van der Waals surface area (Å²) in [6.45, 7) is 0. The van der Waals surface area contributed by atoms with E-state index in [4.69, 9.17) is 14.7 Å². The molecule has 0 amide bonds. The molecule has 1 aliphatic rings. The van der Waals surface area contributed by atoms with Gasteiger partial charge in [0.25, 0.3) is 0 Å². The molecule has 5 nitrogen and oxygen atoms in total. The molecule has 0 saturated carbocycles. The van der Waals surface area contributed by atoms with Gasteiger partial charge in [0.15, 0.2) is 11.5 Å². The standard InChI is InChI=1S/C46H28N4OS/c1-3-12-30(13-4-1)49-37-18-8-7-16-32(37)33-23-22-29(28-40(33)49)35-24-26-42-44(47-35)45-43(52-42)27-25-36(48-45)34-17-11-20-39-46(34)51-41-21-10-9-19-38(41)50(39)31-14-5-2-6-15-31/h1-28H. The van der Waals surface area contributed by atoms with Gasteiger partial charge in [0.1, 0.15) is 11.0 Å². The molecule has 0 aliphatic carbocycles. The Morgan fingerprint density at radius 2 is 1.13 bits per heavy atom. The number of rotatable bonds is 4. The van der Waals surface area contributed by atoms with E-state index in [1.54, 1.807) is 11.3 Å². The molecule has 52 heavy (non-hydrogen) atoms. The Labute approximate surface area is 303 Å². The summed E-state index contributed by atoms with van der Waals surface area (Å²) in [4.78, 5) is 12.9. The second kappa shape index (κ2) is 11.4. The fraction of sp³-hybridized carbons (Fsp3) is 0. The number of aromatic nitrogens is 3. The number of para-hydroxylation sites is 6. The maximum Gasteiger partial charge on any atom is 0.160 e. The van der Waals surface area contributed by atoms with E-state index in [1.165, 1.54) is 16.3 Å². The Balaban J connectivity index is 1.06.